The third kappa shape index (κ3) is 2.23. The number of esters is 1. The summed E-state index contributed by atoms with van der Waals surface area (Å²) < 4.78 is 5.06. The number of hydrogen-bond donors (Lipinski definition) is 0. The zero-order valence-corrected chi connectivity index (χ0v) is 10.6. The topological polar surface area (TPSA) is 46.6 Å². The molecule has 1 saturated heterocycles. The molecule has 1 heterocycles. The number of hydrogen-bond acceptors (Lipinski definition) is 3. The third-order valence-electron chi connectivity index (χ3n) is 3.34. The molecule has 1 unspecified atom stereocenters. The Kier molecular flexibility index (Phi) is 3.65. The van der Waals surface area contributed by atoms with Crippen LogP contribution in [0.25, 0.3) is 0 Å². The molecule has 2 rings (SSSR count). The lowest BCUT2D eigenvalue weighted by atomic mass is 9.92. The molecule has 18 heavy (non-hydrogen) atoms. The first-order valence-corrected chi connectivity index (χ1v) is 6.12. The fourth-order valence-corrected chi connectivity index (χ4v) is 2.42. The van der Waals surface area contributed by atoms with Gasteiger partial charge in [0.25, 0.3) is 0 Å². The van der Waals surface area contributed by atoms with Crippen molar-refractivity contribution >= 4 is 11.9 Å². The van der Waals surface area contributed by atoms with Crippen LogP contribution < -0.4 is 0 Å². The SMILES string of the molecule is CCOC(=O)[C@H]1C(c2ccccc2)CC(=O)N1C. The first kappa shape index (κ1) is 12.6. The fraction of sp³-hybridized carbons (Fsp3) is 0.429. The summed E-state index contributed by atoms with van der Waals surface area (Å²) in [5.74, 6) is -0.440. The first-order chi connectivity index (χ1) is 8.65. The summed E-state index contributed by atoms with van der Waals surface area (Å²) >= 11 is 0. The van der Waals surface area contributed by atoms with Gasteiger partial charge in [-0.15, -0.1) is 0 Å². The van der Waals surface area contributed by atoms with Gasteiger partial charge in [-0.25, -0.2) is 4.79 Å². The van der Waals surface area contributed by atoms with Crippen molar-refractivity contribution in [3.63, 3.8) is 0 Å². The van der Waals surface area contributed by atoms with Crippen molar-refractivity contribution in [1.82, 2.24) is 4.90 Å². The summed E-state index contributed by atoms with van der Waals surface area (Å²) in [7, 11) is 1.66. The second-order valence-electron chi connectivity index (χ2n) is 4.42. The van der Waals surface area contributed by atoms with Crippen LogP contribution in [0.2, 0.25) is 0 Å². The van der Waals surface area contributed by atoms with Gasteiger partial charge in [0, 0.05) is 19.4 Å². The number of likely N-dealkylation sites (N-methyl/N-ethyl adjacent to an activating group) is 1. The maximum atomic E-state index is 12.0. The molecule has 96 valence electrons. The Labute approximate surface area is 107 Å². The van der Waals surface area contributed by atoms with E-state index in [2.05, 4.69) is 0 Å². The maximum absolute atomic E-state index is 12.0. The first-order valence-electron chi connectivity index (χ1n) is 6.12. The van der Waals surface area contributed by atoms with Crippen molar-refractivity contribution in [3.8, 4) is 0 Å². The zero-order chi connectivity index (χ0) is 13.1. The smallest absolute Gasteiger partial charge is 0.329 e. The summed E-state index contributed by atoms with van der Waals surface area (Å²) in [4.78, 5) is 25.3. The normalized spacial score (nSPS) is 23.2. The van der Waals surface area contributed by atoms with Crippen LogP contribution in [0.4, 0.5) is 0 Å². The summed E-state index contributed by atoms with van der Waals surface area (Å²) in [6, 6.07) is 9.15. The largest absolute Gasteiger partial charge is 0.464 e. The van der Waals surface area contributed by atoms with Crippen molar-refractivity contribution < 1.29 is 14.3 Å². The average molecular weight is 247 g/mol. The van der Waals surface area contributed by atoms with Crippen LogP contribution >= 0.6 is 0 Å². The van der Waals surface area contributed by atoms with Crippen LogP contribution in [0.3, 0.4) is 0 Å². The van der Waals surface area contributed by atoms with E-state index >= 15 is 0 Å². The molecule has 0 aromatic heterocycles. The molecule has 0 radical (unpaired) electrons. The minimum atomic E-state index is -0.500. The number of likely N-dealkylation sites (tertiary alicyclic amines) is 1. The van der Waals surface area contributed by atoms with Crippen LogP contribution in [0.5, 0.6) is 0 Å². The number of ether oxygens (including phenoxy) is 1. The van der Waals surface area contributed by atoms with Gasteiger partial charge in [-0.05, 0) is 12.5 Å². The highest BCUT2D eigenvalue weighted by molar-refractivity contribution is 5.90. The van der Waals surface area contributed by atoms with Crippen LogP contribution in [0, 0.1) is 0 Å². The van der Waals surface area contributed by atoms with Gasteiger partial charge >= 0.3 is 5.97 Å². The molecule has 1 aromatic rings. The predicted molar refractivity (Wildman–Crippen MR) is 67.0 cm³/mol. The quantitative estimate of drug-likeness (QED) is 0.762. The van der Waals surface area contributed by atoms with Crippen LogP contribution in [0.15, 0.2) is 30.3 Å². The lowest BCUT2D eigenvalue weighted by Crippen LogP contribution is -2.39. The lowest BCUT2D eigenvalue weighted by molar-refractivity contribution is -0.150. The number of rotatable bonds is 3. The Morgan fingerprint density at radius 3 is 2.67 bits per heavy atom. The summed E-state index contributed by atoms with van der Waals surface area (Å²) in [6.45, 7) is 2.10. The Hall–Kier alpha value is -1.84. The summed E-state index contributed by atoms with van der Waals surface area (Å²) in [6.07, 6.45) is 0.365. The van der Waals surface area contributed by atoms with E-state index in [-0.39, 0.29) is 17.8 Å². The molecule has 1 amide bonds. The molecule has 0 saturated carbocycles. The molecular formula is C14H17NO3. The molecule has 1 fully saturated rings. The molecule has 1 aliphatic heterocycles. The van der Waals surface area contributed by atoms with E-state index < -0.39 is 6.04 Å². The van der Waals surface area contributed by atoms with Gasteiger partial charge in [0.2, 0.25) is 5.91 Å². The van der Waals surface area contributed by atoms with Crippen LogP contribution in [0.1, 0.15) is 24.8 Å². The number of carbonyl (C=O) groups is 2. The van der Waals surface area contributed by atoms with Gasteiger partial charge in [-0.3, -0.25) is 4.79 Å². The second-order valence-corrected chi connectivity index (χ2v) is 4.42. The van der Waals surface area contributed by atoms with E-state index in [1.807, 2.05) is 30.3 Å². The van der Waals surface area contributed by atoms with Crippen molar-refractivity contribution in [2.75, 3.05) is 13.7 Å². The molecule has 1 aromatic carbocycles. The average Bonchev–Trinajstić information content (AvgIpc) is 2.67. The highest BCUT2D eigenvalue weighted by Gasteiger charge is 2.43. The van der Waals surface area contributed by atoms with E-state index in [9.17, 15) is 9.59 Å². The lowest BCUT2D eigenvalue weighted by Gasteiger charge is -2.23. The molecule has 0 N–H and O–H groups in total. The molecule has 4 heteroatoms. The van der Waals surface area contributed by atoms with Crippen molar-refractivity contribution in [2.24, 2.45) is 0 Å². The summed E-state index contributed by atoms with van der Waals surface area (Å²) in [5.41, 5.74) is 1.01. The Bertz CT molecular complexity index is 444. The standard InChI is InChI=1S/C14H17NO3/c1-3-18-14(17)13-11(9-12(16)15(13)2)10-7-5-4-6-8-10/h4-8,11,13H,3,9H2,1-2H3/t11?,13-/m1/s1. The number of nitrogens with zero attached hydrogens (tertiary/aromatic N) is 1. The van der Waals surface area contributed by atoms with Gasteiger partial charge in [-0.1, -0.05) is 30.3 Å². The van der Waals surface area contributed by atoms with Gasteiger partial charge < -0.3 is 9.64 Å². The minimum absolute atomic E-state index is 0.0121. The van der Waals surface area contributed by atoms with E-state index in [0.29, 0.717) is 13.0 Å². The van der Waals surface area contributed by atoms with Crippen LogP contribution in [-0.2, 0) is 14.3 Å². The molecular weight excluding hydrogens is 230 g/mol. The van der Waals surface area contributed by atoms with E-state index in [1.54, 1.807) is 14.0 Å². The number of amides is 1. The molecule has 0 bridgehead atoms. The number of carbonyl (C=O) groups excluding carboxylic acids is 2. The Balaban J connectivity index is 2.28. The predicted octanol–water partition coefficient (Wildman–Crippen LogP) is 1.56. The molecule has 4 nitrogen and oxygen atoms in total. The zero-order valence-electron chi connectivity index (χ0n) is 10.6. The minimum Gasteiger partial charge on any atom is -0.464 e. The van der Waals surface area contributed by atoms with Crippen LogP contribution in [-0.4, -0.2) is 36.5 Å². The number of benzene rings is 1. The van der Waals surface area contributed by atoms with Gasteiger partial charge in [-0.2, -0.15) is 0 Å². The highest BCUT2D eigenvalue weighted by Crippen LogP contribution is 2.33. The van der Waals surface area contributed by atoms with Crippen molar-refractivity contribution in [1.29, 1.82) is 0 Å². The molecule has 1 aliphatic rings. The van der Waals surface area contributed by atoms with Crippen molar-refractivity contribution in [3.05, 3.63) is 35.9 Å². The monoisotopic (exact) mass is 247 g/mol. The van der Waals surface area contributed by atoms with E-state index in [4.69, 9.17) is 4.74 Å². The molecule has 2 atom stereocenters. The fourth-order valence-electron chi connectivity index (χ4n) is 2.42. The maximum Gasteiger partial charge on any atom is 0.329 e. The summed E-state index contributed by atoms with van der Waals surface area (Å²) in [5, 5.41) is 0. The second kappa shape index (κ2) is 5.21. The highest BCUT2D eigenvalue weighted by atomic mass is 16.5. The molecule has 0 aliphatic carbocycles. The van der Waals surface area contributed by atoms with E-state index in [1.165, 1.54) is 4.90 Å². The Morgan fingerprint density at radius 2 is 2.06 bits per heavy atom. The van der Waals surface area contributed by atoms with Gasteiger partial charge in [0.15, 0.2) is 0 Å². The van der Waals surface area contributed by atoms with Crippen molar-refractivity contribution in [2.45, 2.75) is 25.3 Å². The van der Waals surface area contributed by atoms with E-state index in [0.717, 1.165) is 5.56 Å². The Morgan fingerprint density at radius 1 is 1.39 bits per heavy atom. The third-order valence-corrected chi connectivity index (χ3v) is 3.34. The molecule has 0 spiro atoms. The van der Waals surface area contributed by atoms with Gasteiger partial charge in [0.05, 0.1) is 6.61 Å². The van der Waals surface area contributed by atoms with Gasteiger partial charge in [0.1, 0.15) is 6.04 Å².